The summed E-state index contributed by atoms with van der Waals surface area (Å²) in [5, 5.41) is 3.21. The Morgan fingerprint density at radius 1 is 1.18 bits per heavy atom. The molecule has 12 heteroatoms. The molecule has 1 N–H and O–H groups in total. The highest BCUT2D eigenvalue weighted by molar-refractivity contribution is 7.22. The van der Waals surface area contributed by atoms with Gasteiger partial charge in [0, 0.05) is 29.2 Å². The number of fused-ring (bicyclic) bond motifs is 4. The van der Waals surface area contributed by atoms with Gasteiger partial charge in [-0.2, -0.15) is 0 Å². The lowest BCUT2D eigenvalue weighted by Gasteiger charge is -2.26. The SMILES string of the molecule is COc1cnc2c(-c3nc4c(F)cc5c(c4s3)OC[C@H](COC(=O)Nc3ccnc(C)c3)O5)cc(C)cc2n1. The summed E-state index contributed by atoms with van der Waals surface area (Å²) >= 11 is 1.28. The zero-order valence-corrected chi connectivity index (χ0v) is 22.0. The van der Waals surface area contributed by atoms with Gasteiger partial charge in [0.15, 0.2) is 23.4 Å². The molecule has 0 fully saturated rings. The summed E-state index contributed by atoms with van der Waals surface area (Å²) in [5.74, 6) is 0.469. The van der Waals surface area contributed by atoms with E-state index < -0.39 is 18.0 Å². The van der Waals surface area contributed by atoms with Gasteiger partial charge in [0.2, 0.25) is 5.88 Å². The molecule has 0 saturated carbocycles. The van der Waals surface area contributed by atoms with Crippen molar-refractivity contribution < 1.29 is 28.1 Å². The molecule has 198 valence electrons. The molecular formula is C27H22FN5O5S. The smallest absolute Gasteiger partial charge is 0.411 e. The summed E-state index contributed by atoms with van der Waals surface area (Å²) in [6.45, 7) is 3.79. The first-order valence-electron chi connectivity index (χ1n) is 12.0. The number of halogens is 1. The third-order valence-electron chi connectivity index (χ3n) is 6.00. The van der Waals surface area contributed by atoms with Gasteiger partial charge in [-0.05, 0) is 43.7 Å². The largest absolute Gasteiger partial charge is 0.484 e. The Kier molecular flexibility index (Phi) is 6.31. The van der Waals surface area contributed by atoms with Gasteiger partial charge in [0.05, 0.1) is 24.3 Å². The second kappa shape index (κ2) is 9.95. The molecule has 1 amide bonds. The number of methoxy groups -OCH3 is 1. The van der Waals surface area contributed by atoms with Gasteiger partial charge in [-0.15, -0.1) is 11.3 Å². The summed E-state index contributed by atoms with van der Waals surface area (Å²) in [6, 6.07) is 8.46. The normalized spacial score (nSPS) is 14.4. The van der Waals surface area contributed by atoms with Gasteiger partial charge in [-0.3, -0.25) is 10.3 Å². The number of amides is 1. The number of carbonyl (C=O) groups is 1. The van der Waals surface area contributed by atoms with Crippen LogP contribution in [0.3, 0.4) is 0 Å². The third kappa shape index (κ3) is 4.86. The van der Waals surface area contributed by atoms with Gasteiger partial charge >= 0.3 is 6.09 Å². The van der Waals surface area contributed by atoms with Crippen LogP contribution >= 0.6 is 11.3 Å². The van der Waals surface area contributed by atoms with Crippen LogP contribution in [0.25, 0.3) is 31.8 Å². The highest BCUT2D eigenvalue weighted by Crippen LogP contribution is 2.45. The Hall–Kier alpha value is -4.58. The molecule has 5 aromatic rings. The van der Waals surface area contributed by atoms with Crippen molar-refractivity contribution in [3.63, 3.8) is 0 Å². The summed E-state index contributed by atoms with van der Waals surface area (Å²) in [5.41, 5.74) is 4.46. The lowest BCUT2D eigenvalue weighted by atomic mass is 10.1. The summed E-state index contributed by atoms with van der Waals surface area (Å²) < 4.78 is 38.1. The predicted molar refractivity (Wildman–Crippen MR) is 143 cm³/mol. The van der Waals surface area contributed by atoms with Crippen molar-refractivity contribution in [1.82, 2.24) is 19.9 Å². The number of carbonyl (C=O) groups excluding carboxylic acids is 1. The summed E-state index contributed by atoms with van der Waals surface area (Å²) in [6.07, 6.45) is 1.87. The fraction of sp³-hybridized carbons (Fsp3) is 0.222. The Morgan fingerprint density at radius 3 is 2.87 bits per heavy atom. The number of aromatic nitrogens is 4. The molecule has 1 aliphatic heterocycles. The molecule has 0 radical (unpaired) electrons. The Labute approximate surface area is 225 Å². The van der Waals surface area contributed by atoms with Crippen LogP contribution in [0, 0.1) is 19.7 Å². The van der Waals surface area contributed by atoms with Gasteiger partial charge in [-0.1, -0.05) is 0 Å². The second-order valence-electron chi connectivity index (χ2n) is 8.94. The fourth-order valence-corrected chi connectivity index (χ4v) is 5.35. The van der Waals surface area contributed by atoms with Crippen LogP contribution in [0.4, 0.5) is 14.9 Å². The van der Waals surface area contributed by atoms with E-state index in [1.807, 2.05) is 26.0 Å². The van der Waals surface area contributed by atoms with Crippen LogP contribution in [0.5, 0.6) is 17.4 Å². The van der Waals surface area contributed by atoms with Gasteiger partial charge in [0.1, 0.15) is 28.4 Å². The first-order chi connectivity index (χ1) is 18.9. The van der Waals surface area contributed by atoms with Crippen molar-refractivity contribution >= 4 is 44.4 Å². The Morgan fingerprint density at radius 2 is 2.05 bits per heavy atom. The molecule has 0 unspecified atom stereocenters. The molecule has 0 saturated heterocycles. The highest BCUT2D eigenvalue weighted by Gasteiger charge is 2.28. The van der Waals surface area contributed by atoms with E-state index in [0.717, 1.165) is 16.8 Å². The maximum absolute atomic E-state index is 15.2. The number of hydrogen-bond donors (Lipinski definition) is 1. The zero-order valence-electron chi connectivity index (χ0n) is 21.1. The molecule has 6 rings (SSSR count). The maximum Gasteiger partial charge on any atom is 0.411 e. The predicted octanol–water partition coefficient (Wildman–Crippen LogP) is 5.45. The number of ether oxygens (including phenoxy) is 4. The van der Waals surface area contributed by atoms with E-state index in [9.17, 15) is 4.79 Å². The first-order valence-corrected chi connectivity index (χ1v) is 12.8. The standard InChI is InChI=1S/C27H22FN5O5S/c1-13-6-17(22-19(7-13)32-21(35-3)10-30-22)26-33-23-18(28)9-20-24(25(23)39-26)36-11-16(38-20)12-37-27(34)31-15-4-5-29-14(2)8-15/h4-10,16H,11-12H2,1-3H3,(H,29,31,34)/t16-/m1/s1. The van der Waals surface area contributed by atoms with E-state index in [4.69, 9.17) is 18.9 Å². The van der Waals surface area contributed by atoms with E-state index in [2.05, 4.69) is 25.3 Å². The third-order valence-corrected chi connectivity index (χ3v) is 7.09. The van der Waals surface area contributed by atoms with Gasteiger partial charge < -0.3 is 18.9 Å². The van der Waals surface area contributed by atoms with Crippen LogP contribution in [0.2, 0.25) is 0 Å². The lowest BCUT2D eigenvalue weighted by Crippen LogP contribution is -2.35. The number of benzene rings is 2. The number of pyridine rings is 1. The van der Waals surface area contributed by atoms with Crippen molar-refractivity contribution in [2.45, 2.75) is 20.0 Å². The van der Waals surface area contributed by atoms with E-state index in [1.54, 1.807) is 18.3 Å². The summed E-state index contributed by atoms with van der Waals surface area (Å²) in [7, 11) is 1.53. The average Bonchev–Trinajstić information content (AvgIpc) is 3.37. The molecule has 4 heterocycles. The van der Waals surface area contributed by atoms with Crippen LogP contribution in [0.15, 0.2) is 42.7 Å². The first kappa shape index (κ1) is 24.7. The van der Waals surface area contributed by atoms with Crippen molar-refractivity contribution in [3.8, 4) is 28.0 Å². The zero-order chi connectivity index (χ0) is 27.1. The summed E-state index contributed by atoms with van der Waals surface area (Å²) in [4.78, 5) is 29.8. The number of hydrogen-bond acceptors (Lipinski definition) is 10. The fourth-order valence-electron chi connectivity index (χ4n) is 4.26. The molecule has 0 bridgehead atoms. The minimum atomic E-state index is -0.644. The maximum atomic E-state index is 15.2. The lowest BCUT2D eigenvalue weighted by molar-refractivity contribution is 0.0381. The van der Waals surface area contributed by atoms with E-state index in [0.29, 0.717) is 38.1 Å². The molecule has 10 nitrogen and oxygen atoms in total. The van der Waals surface area contributed by atoms with E-state index >= 15 is 4.39 Å². The molecule has 2 aromatic carbocycles. The molecule has 0 spiro atoms. The van der Waals surface area contributed by atoms with Crippen LogP contribution in [-0.4, -0.2) is 52.5 Å². The van der Waals surface area contributed by atoms with Crippen LogP contribution < -0.4 is 19.5 Å². The molecule has 3 aromatic heterocycles. The van der Waals surface area contributed by atoms with E-state index in [1.165, 1.54) is 30.7 Å². The topological polar surface area (TPSA) is 118 Å². The quantitative estimate of drug-likeness (QED) is 0.306. The molecular weight excluding hydrogens is 525 g/mol. The molecule has 1 aliphatic rings. The highest BCUT2D eigenvalue weighted by atomic mass is 32.1. The van der Waals surface area contributed by atoms with Crippen molar-refractivity contribution in [3.05, 3.63) is 59.8 Å². The Bertz CT molecular complexity index is 1740. The van der Waals surface area contributed by atoms with Gasteiger partial charge in [-0.25, -0.2) is 24.1 Å². The monoisotopic (exact) mass is 547 g/mol. The van der Waals surface area contributed by atoms with Crippen molar-refractivity contribution in [2.24, 2.45) is 0 Å². The number of nitrogens with zero attached hydrogens (tertiary/aromatic N) is 4. The number of rotatable bonds is 5. The van der Waals surface area contributed by atoms with Gasteiger partial charge in [0.25, 0.3) is 0 Å². The minimum Gasteiger partial charge on any atom is -0.484 e. The van der Waals surface area contributed by atoms with Crippen LogP contribution in [0.1, 0.15) is 11.3 Å². The number of aryl methyl sites for hydroxylation is 2. The molecule has 1 atom stereocenters. The second-order valence-corrected chi connectivity index (χ2v) is 9.93. The minimum absolute atomic E-state index is 0.0830. The van der Waals surface area contributed by atoms with E-state index in [-0.39, 0.29) is 24.5 Å². The average molecular weight is 548 g/mol. The number of nitrogens with one attached hydrogen (secondary N) is 1. The van der Waals surface area contributed by atoms with Crippen LogP contribution in [-0.2, 0) is 4.74 Å². The number of thiazole rings is 1. The molecule has 39 heavy (non-hydrogen) atoms. The number of anilines is 1. The molecule has 0 aliphatic carbocycles. The Balaban J connectivity index is 1.24. The van der Waals surface area contributed by atoms with Crippen molar-refractivity contribution in [1.29, 1.82) is 0 Å². The van der Waals surface area contributed by atoms with Crippen molar-refractivity contribution in [2.75, 3.05) is 25.6 Å².